The van der Waals surface area contributed by atoms with Crippen molar-refractivity contribution in [2.75, 3.05) is 32.5 Å². The van der Waals surface area contributed by atoms with Crippen molar-refractivity contribution in [1.82, 2.24) is 9.88 Å². The summed E-state index contributed by atoms with van der Waals surface area (Å²) in [6.45, 7) is 4.79. The number of aryl methyl sites for hydroxylation is 1. The lowest BCUT2D eigenvalue weighted by molar-refractivity contribution is -0.141. The summed E-state index contributed by atoms with van der Waals surface area (Å²) in [5, 5.41) is 10.6. The molecular weight excluding hydrogens is 523 g/mol. The summed E-state index contributed by atoms with van der Waals surface area (Å²) in [5.41, 5.74) is 1.93. The summed E-state index contributed by atoms with van der Waals surface area (Å²) in [7, 11) is 1.57. The molecular formula is C30H36ClFN2O3S. The monoisotopic (exact) mass is 558 g/mol. The SMILES string of the molecule is COc1ccc2ncc(Cl)c([C@@H](F)CCC3(CC(=O)O)CCN(CCCSc4cccc(C)c4)CC3)c2c1. The van der Waals surface area contributed by atoms with E-state index in [0.717, 1.165) is 44.6 Å². The molecule has 0 bridgehead atoms. The molecule has 2 heterocycles. The number of piperidine rings is 1. The normalized spacial score (nSPS) is 16.4. The smallest absolute Gasteiger partial charge is 0.303 e. The van der Waals surface area contributed by atoms with Crippen molar-refractivity contribution in [2.45, 2.75) is 56.5 Å². The Morgan fingerprint density at radius 2 is 2.05 bits per heavy atom. The van der Waals surface area contributed by atoms with Gasteiger partial charge in [0.05, 0.1) is 24.1 Å². The van der Waals surface area contributed by atoms with Crippen molar-refractivity contribution in [3.63, 3.8) is 0 Å². The minimum absolute atomic E-state index is 0.0649. The van der Waals surface area contributed by atoms with Gasteiger partial charge in [-0.05, 0) is 100 Å². The number of methoxy groups -OCH3 is 1. The number of carbonyl (C=O) groups is 1. The van der Waals surface area contributed by atoms with Crippen LogP contribution in [0.1, 0.15) is 55.8 Å². The third-order valence-electron chi connectivity index (χ3n) is 7.63. The number of benzene rings is 2. The number of halogens is 2. The van der Waals surface area contributed by atoms with Crippen LogP contribution >= 0.6 is 23.4 Å². The molecule has 0 amide bonds. The van der Waals surface area contributed by atoms with E-state index in [1.807, 2.05) is 11.8 Å². The summed E-state index contributed by atoms with van der Waals surface area (Å²) >= 11 is 8.29. The third kappa shape index (κ3) is 7.39. The molecule has 38 heavy (non-hydrogen) atoms. The number of carboxylic acid groups (broad SMARTS) is 1. The highest BCUT2D eigenvalue weighted by Gasteiger charge is 2.37. The molecule has 1 aromatic heterocycles. The summed E-state index contributed by atoms with van der Waals surface area (Å²) in [6.07, 6.45) is 3.55. The van der Waals surface area contributed by atoms with E-state index in [9.17, 15) is 9.90 Å². The summed E-state index contributed by atoms with van der Waals surface area (Å²) in [5.74, 6) is 0.845. The second kappa shape index (κ2) is 13.1. The number of hydrogen-bond donors (Lipinski definition) is 1. The van der Waals surface area contributed by atoms with Gasteiger partial charge in [0.1, 0.15) is 11.9 Å². The molecule has 1 N–H and O–H groups in total. The number of likely N-dealkylation sites (tertiary alicyclic amines) is 1. The number of fused-ring (bicyclic) bond motifs is 1. The van der Waals surface area contributed by atoms with E-state index in [0.29, 0.717) is 28.6 Å². The zero-order valence-corrected chi connectivity index (χ0v) is 23.7. The van der Waals surface area contributed by atoms with Crippen LogP contribution in [0.5, 0.6) is 5.75 Å². The van der Waals surface area contributed by atoms with Crippen molar-refractivity contribution in [1.29, 1.82) is 0 Å². The molecule has 0 unspecified atom stereocenters. The van der Waals surface area contributed by atoms with Gasteiger partial charge in [0, 0.05) is 22.0 Å². The fourth-order valence-corrected chi connectivity index (χ4v) is 6.68. The molecule has 3 aromatic rings. The fourth-order valence-electron chi connectivity index (χ4n) is 5.46. The van der Waals surface area contributed by atoms with Crippen LogP contribution in [0.15, 0.2) is 53.6 Å². The lowest BCUT2D eigenvalue weighted by Crippen LogP contribution is -2.41. The van der Waals surface area contributed by atoms with Crippen LogP contribution in [-0.2, 0) is 4.79 Å². The molecule has 1 atom stereocenters. The van der Waals surface area contributed by atoms with Crippen molar-refractivity contribution in [3.05, 3.63) is 64.8 Å². The highest BCUT2D eigenvalue weighted by atomic mass is 35.5. The third-order valence-corrected chi connectivity index (χ3v) is 9.01. The van der Waals surface area contributed by atoms with Crippen LogP contribution in [0.4, 0.5) is 4.39 Å². The van der Waals surface area contributed by atoms with E-state index < -0.39 is 17.6 Å². The van der Waals surface area contributed by atoms with E-state index in [4.69, 9.17) is 16.3 Å². The maximum atomic E-state index is 15.8. The van der Waals surface area contributed by atoms with Crippen LogP contribution < -0.4 is 4.74 Å². The molecule has 0 aliphatic carbocycles. The van der Waals surface area contributed by atoms with E-state index in [2.05, 4.69) is 41.1 Å². The van der Waals surface area contributed by atoms with Crippen molar-refractivity contribution in [3.8, 4) is 5.75 Å². The predicted molar refractivity (Wildman–Crippen MR) is 153 cm³/mol. The first kappa shape index (κ1) is 28.7. The molecule has 5 nitrogen and oxygen atoms in total. The van der Waals surface area contributed by atoms with Gasteiger partial charge in [-0.1, -0.05) is 29.3 Å². The van der Waals surface area contributed by atoms with Crippen LogP contribution in [0.25, 0.3) is 10.9 Å². The van der Waals surface area contributed by atoms with E-state index in [1.54, 1.807) is 25.3 Å². The minimum Gasteiger partial charge on any atom is -0.497 e. The van der Waals surface area contributed by atoms with Crippen molar-refractivity contribution >= 4 is 40.2 Å². The highest BCUT2D eigenvalue weighted by Crippen LogP contribution is 2.44. The number of hydrogen-bond acceptors (Lipinski definition) is 5. The number of alkyl halides is 1. The number of aromatic nitrogens is 1. The van der Waals surface area contributed by atoms with Gasteiger partial charge in [-0.25, -0.2) is 4.39 Å². The van der Waals surface area contributed by atoms with Gasteiger partial charge in [-0.3, -0.25) is 9.78 Å². The average Bonchev–Trinajstić information content (AvgIpc) is 2.90. The molecule has 204 valence electrons. The second-order valence-corrected chi connectivity index (χ2v) is 11.9. The first-order valence-corrected chi connectivity index (χ1v) is 14.5. The van der Waals surface area contributed by atoms with Crippen molar-refractivity contribution < 1.29 is 19.0 Å². The Morgan fingerprint density at radius 3 is 2.76 bits per heavy atom. The number of thioether (sulfide) groups is 1. The van der Waals surface area contributed by atoms with Crippen LogP contribution in [-0.4, -0.2) is 53.5 Å². The molecule has 1 aliphatic heterocycles. The van der Waals surface area contributed by atoms with Gasteiger partial charge in [0.15, 0.2) is 0 Å². The lowest BCUT2D eigenvalue weighted by atomic mass is 9.71. The second-order valence-electron chi connectivity index (χ2n) is 10.3. The first-order chi connectivity index (χ1) is 18.3. The van der Waals surface area contributed by atoms with Crippen LogP contribution in [0.3, 0.4) is 0 Å². The maximum absolute atomic E-state index is 15.8. The molecule has 1 fully saturated rings. The average molecular weight is 559 g/mol. The number of ether oxygens (including phenoxy) is 1. The molecule has 8 heteroatoms. The van der Waals surface area contributed by atoms with E-state index in [1.165, 1.54) is 16.7 Å². The topological polar surface area (TPSA) is 62.7 Å². The molecule has 4 rings (SSSR count). The quantitative estimate of drug-likeness (QED) is 0.181. The lowest BCUT2D eigenvalue weighted by Gasteiger charge is -2.41. The molecule has 1 saturated heterocycles. The van der Waals surface area contributed by atoms with Gasteiger partial charge in [0.25, 0.3) is 0 Å². The largest absolute Gasteiger partial charge is 0.497 e. The maximum Gasteiger partial charge on any atom is 0.303 e. The number of carboxylic acids is 1. The number of pyridine rings is 1. The Morgan fingerprint density at radius 1 is 1.26 bits per heavy atom. The standard InChI is InChI=1S/C30H36ClFN2O3S/c1-21-5-3-6-23(17-21)38-16-4-13-34-14-11-30(12-15-34,19-28(35)36)10-9-26(32)29-24-18-22(37-2)7-8-27(24)33-20-25(29)31/h3,5-8,17-18,20,26H,4,9-16,19H2,1-2H3,(H,35,36)/t26-/m0/s1. The van der Waals surface area contributed by atoms with Crippen LogP contribution in [0, 0.1) is 12.3 Å². The molecule has 1 aliphatic rings. The molecule has 0 spiro atoms. The number of nitrogens with zero attached hydrogens (tertiary/aromatic N) is 2. The molecule has 0 saturated carbocycles. The van der Waals surface area contributed by atoms with Gasteiger partial charge < -0.3 is 14.7 Å². The predicted octanol–water partition coefficient (Wildman–Crippen LogP) is 7.74. The summed E-state index contributed by atoms with van der Waals surface area (Å²) in [4.78, 5) is 19.8. The minimum atomic E-state index is -1.32. The Bertz CT molecular complexity index is 1250. The van der Waals surface area contributed by atoms with Crippen LogP contribution in [0.2, 0.25) is 5.02 Å². The van der Waals surface area contributed by atoms with E-state index in [-0.39, 0.29) is 17.9 Å². The van der Waals surface area contributed by atoms with Gasteiger partial charge in [0.2, 0.25) is 0 Å². The number of aliphatic carboxylic acids is 1. The van der Waals surface area contributed by atoms with Crippen molar-refractivity contribution in [2.24, 2.45) is 5.41 Å². The first-order valence-electron chi connectivity index (χ1n) is 13.2. The number of rotatable bonds is 12. The zero-order valence-electron chi connectivity index (χ0n) is 22.1. The summed E-state index contributed by atoms with van der Waals surface area (Å²) < 4.78 is 21.1. The molecule has 0 radical (unpaired) electrons. The van der Waals surface area contributed by atoms with Gasteiger partial charge in [-0.2, -0.15) is 0 Å². The molecule has 2 aromatic carbocycles. The van der Waals surface area contributed by atoms with Gasteiger partial charge >= 0.3 is 5.97 Å². The fraction of sp³-hybridized carbons (Fsp3) is 0.467. The Labute approximate surface area is 233 Å². The highest BCUT2D eigenvalue weighted by molar-refractivity contribution is 7.99. The Kier molecular flexibility index (Phi) is 9.91. The van der Waals surface area contributed by atoms with E-state index >= 15 is 4.39 Å². The van der Waals surface area contributed by atoms with Gasteiger partial charge in [-0.15, -0.1) is 11.8 Å². The Balaban J connectivity index is 1.35. The zero-order chi connectivity index (χ0) is 27.1. The summed E-state index contributed by atoms with van der Waals surface area (Å²) in [6, 6.07) is 13.9. The Hall–Kier alpha value is -2.35.